The highest BCUT2D eigenvalue weighted by Gasteiger charge is 2.35. The molecule has 0 radical (unpaired) electrons. The van der Waals surface area contributed by atoms with Gasteiger partial charge in [0.15, 0.2) is 5.76 Å². The number of rotatable bonds is 3. The van der Waals surface area contributed by atoms with Crippen molar-refractivity contribution in [2.45, 2.75) is 51.9 Å². The molecule has 23 heavy (non-hydrogen) atoms. The molecule has 1 aliphatic heterocycles. The average Bonchev–Trinajstić information content (AvgIpc) is 3.12. The van der Waals surface area contributed by atoms with E-state index < -0.39 is 0 Å². The molecule has 0 spiro atoms. The highest BCUT2D eigenvalue weighted by atomic mass is 16.5. The largest absolute Gasteiger partial charge is 0.493 e. The Morgan fingerprint density at radius 1 is 1.13 bits per heavy atom. The summed E-state index contributed by atoms with van der Waals surface area (Å²) in [6.45, 7) is 7.53. The van der Waals surface area contributed by atoms with Gasteiger partial charge < -0.3 is 9.15 Å². The summed E-state index contributed by atoms with van der Waals surface area (Å²) in [6.07, 6.45) is 5.96. The molecular weight excluding hydrogens is 284 g/mol. The molecule has 120 valence electrons. The van der Waals surface area contributed by atoms with Crippen LogP contribution < -0.4 is 4.74 Å². The second kappa shape index (κ2) is 6.54. The highest BCUT2D eigenvalue weighted by molar-refractivity contribution is 5.54. The van der Waals surface area contributed by atoms with E-state index in [9.17, 15) is 0 Å². The first kappa shape index (κ1) is 15.7. The lowest BCUT2D eigenvalue weighted by molar-refractivity contribution is 0.204. The first-order chi connectivity index (χ1) is 11.2. The van der Waals surface area contributed by atoms with Gasteiger partial charge in [0.1, 0.15) is 5.75 Å². The molecule has 2 aromatic rings. The summed E-state index contributed by atoms with van der Waals surface area (Å²) in [5, 5.41) is 0. The summed E-state index contributed by atoms with van der Waals surface area (Å²) in [6, 6.07) is 8.21. The van der Waals surface area contributed by atoms with Crippen molar-refractivity contribution in [3.8, 4) is 17.6 Å². The minimum absolute atomic E-state index is 0.223. The van der Waals surface area contributed by atoms with E-state index in [-0.39, 0.29) is 5.41 Å². The van der Waals surface area contributed by atoms with Gasteiger partial charge in [-0.2, -0.15) is 0 Å². The van der Waals surface area contributed by atoms with Gasteiger partial charge >= 0.3 is 0 Å². The molecule has 1 aromatic carbocycles. The molecule has 0 unspecified atom stereocenters. The van der Waals surface area contributed by atoms with Gasteiger partial charge in [0, 0.05) is 16.5 Å². The fraction of sp³-hybridized carbons (Fsp3) is 0.429. The van der Waals surface area contributed by atoms with Crippen molar-refractivity contribution in [2.75, 3.05) is 6.61 Å². The molecule has 2 heterocycles. The Morgan fingerprint density at radius 2 is 1.96 bits per heavy atom. The fourth-order valence-electron chi connectivity index (χ4n) is 3.52. The topological polar surface area (TPSA) is 22.4 Å². The molecule has 1 aromatic heterocycles. The van der Waals surface area contributed by atoms with E-state index >= 15 is 0 Å². The average molecular weight is 308 g/mol. The molecule has 0 amide bonds. The molecule has 0 saturated carbocycles. The van der Waals surface area contributed by atoms with Gasteiger partial charge in [-0.1, -0.05) is 26.7 Å². The van der Waals surface area contributed by atoms with Crippen molar-refractivity contribution in [2.24, 2.45) is 0 Å². The Bertz CT molecular complexity index is 725. The molecule has 0 N–H and O–H groups in total. The van der Waals surface area contributed by atoms with Crippen molar-refractivity contribution >= 4 is 0 Å². The minimum atomic E-state index is 0.223. The van der Waals surface area contributed by atoms with Gasteiger partial charge in [0.2, 0.25) is 0 Å². The highest BCUT2D eigenvalue weighted by Crippen LogP contribution is 2.44. The zero-order valence-corrected chi connectivity index (χ0v) is 14.2. The molecule has 1 aliphatic rings. The van der Waals surface area contributed by atoms with Crippen molar-refractivity contribution in [3.05, 3.63) is 53.0 Å². The number of aryl methyl sites for hydroxylation is 1. The third-order valence-electron chi connectivity index (χ3n) is 5.19. The van der Waals surface area contributed by atoms with E-state index in [0.29, 0.717) is 5.76 Å². The van der Waals surface area contributed by atoms with Crippen LogP contribution in [0, 0.1) is 11.8 Å². The van der Waals surface area contributed by atoms with Gasteiger partial charge in [0.05, 0.1) is 12.9 Å². The van der Waals surface area contributed by atoms with Crippen LogP contribution in [0.2, 0.25) is 0 Å². The van der Waals surface area contributed by atoms with Crippen LogP contribution in [0.4, 0.5) is 0 Å². The SMILES string of the molecule is CCc1cc2c(cc1C#Cc1ccco1)C(CC)(CC)CCO2. The summed E-state index contributed by atoms with van der Waals surface area (Å²) in [5.74, 6) is 8.19. The normalized spacial score (nSPS) is 15.3. The number of fused-ring (bicyclic) bond motifs is 1. The maximum Gasteiger partial charge on any atom is 0.176 e. The quantitative estimate of drug-likeness (QED) is 0.738. The standard InChI is InChI=1S/C21H24O2/c1-4-16-15-20-19(21(5-2,6-3)11-13-23-20)14-17(16)9-10-18-8-7-12-22-18/h7-8,12,14-15H,4-6,11,13H2,1-3H3. The second-order valence-corrected chi connectivity index (χ2v) is 6.17. The summed E-state index contributed by atoms with van der Waals surface area (Å²) in [5.41, 5.74) is 3.89. The van der Waals surface area contributed by atoms with E-state index in [1.54, 1.807) is 6.26 Å². The third kappa shape index (κ3) is 2.88. The second-order valence-electron chi connectivity index (χ2n) is 6.17. The lowest BCUT2D eigenvalue weighted by Crippen LogP contribution is -2.32. The summed E-state index contributed by atoms with van der Waals surface area (Å²) >= 11 is 0. The van der Waals surface area contributed by atoms with Gasteiger partial charge in [-0.25, -0.2) is 0 Å². The predicted octanol–water partition coefficient (Wildman–Crippen LogP) is 5.08. The maximum atomic E-state index is 5.96. The first-order valence-electron chi connectivity index (χ1n) is 8.58. The summed E-state index contributed by atoms with van der Waals surface area (Å²) in [4.78, 5) is 0. The Kier molecular flexibility index (Phi) is 4.48. The Labute approximate surface area is 138 Å². The van der Waals surface area contributed by atoms with Crippen LogP contribution in [0.5, 0.6) is 5.75 Å². The van der Waals surface area contributed by atoms with Gasteiger partial charge in [-0.05, 0) is 61.4 Å². The van der Waals surface area contributed by atoms with Crippen molar-refractivity contribution < 1.29 is 9.15 Å². The smallest absolute Gasteiger partial charge is 0.176 e. The maximum absolute atomic E-state index is 5.96. The van der Waals surface area contributed by atoms with Crippen LogP contribution in [0.25, 0.3) is 0 Å². The molecule has 2 heteroatoms. The van der Waals surface area contributed by atoms with E-state index in [0.717, 1.165) is 43.6 Å². The molecule has 0 saturated heterocycles. The monoisotopic (exact) mass is 308 g/mol. The van der Waals surface area contributed by atoms with E-state index in [4.69, 9.17) is 9.15 Å². The van der Waals surface area contributed by atoms with Crippen LogP contribution >= 0.6 is 0 Å². The predicted molar refractivity (Wildman–Crippen MR) is 92.9 cm³/mol. The molecule has 0 bridgehead atoms. The van der Waals surface area contributed by atoms with Gasteiger partial charge in [-0.3, -0.25) is 0 Å². The van der Waals surface area contributed by atoms with E-state index in [1.165, 1.54) is 11.1 Å². The lowest BCUT2D eigenvalue weighted by atomic mass is 9.71. The van der Waals surface area contributed by atoms with Crippen molar-refractivity contribution in [3.63, 3.8) is 0 Å². The number of hydrogen-bond donors (Lipinski definition) is 0. The molecule has 0 atom stereocenters. The molecule has 0 aliphatic carbocycles. The van der Waals surface area contributed by atoms with Crippen LogP contribution in [0.15, 0.2) is 34.9 Å². The summed E-state index contributed by atoms with van der Waals surface area (Å²) < 4.78 is 11.3. The van der Waals surface area contributed by atoms with Crippen LogP contribution in [-0.4, -0.2) is 6.61 Å². The molecule has 2 nitrogen and oxygen atoms in total. The Balaban J connectivity index is 2.10. The fourth-order valence-corrected chi connectivity index (χ4v) is 3.52. The van der Waals surface area contributed by atoms with Crippen LogP contribution in [0.1, 0.15) is 62.5 Å². The van der Waals surface area contributed by atoms with Crippen molar-refractivity contribution in [1.82, 2.24) is 0 Å². The molecular formula is C21H24O2. The minimum Gasteiger partial charge on any atom is -0.493 e. The zero-order chi connectivity index (χ0) is 16.3. The summed E-state index contributed by atoms with van der Waals surface area (Å²) in [7, 11) is 0. The number of ether oxygens (including phenoxy) is 1. The number of benzene rings is 1. The number of hydrogen-bond acceptors (Lipinski definition) is 2. The first-order valence-corrected chi connectivity index (χ1v) is 8.58. The Morgan fingerprint density at radius 3 is 2.61 bits per heavy atom. The molecule has 0 fully saturated rings. The Hall–Kier alpha value is -2.14. The zero-order valence-electron chi connectivity index (χ0n) is 14.2. The lowest BCUT2D eigenvalue weighted by Gasteiger charge is -2.38. The number of furan rings is 1. The third-order valence-corrected chi connectivity index (χ3v) is 5.19. The van der Waals surface area contributed by atoms with Crippen LogP contribution in [-0.2, 0) is 11.8 Å². The van der Waals surface area contributed by atoms with Gasteiger partial charge in [-0.15, -0.1) is 0 Å². The molecule has 3 rings (SSSR count). The van der Waals surface area contributed by atoms with E-state index in [2.05, 4.69) is 44.7 Å². The van der Waals surface area contributed by atoms with Crippen LogP contribution in [0.3, 0.4) is 0 Å². The van der Waals surface area contributed by atoms with E-state index in [1.807, 2.05) is 12.1 Å². The van der Waals surface area contributed by atoms with Gasteiger partial charge in [0.25, 0.3) is 0 Å². The van der Waals surface area contributed by atoms with Crippen molar-refractivity contribution in [1.29, 1.82) is 0 Å².